The van der Waals surface area contributed by atoms with E-state index in [9.17, 15) is 19.1 Å². The van der Waals surface area contributed by atoms with Crippen molar-refractivity contribution in [3.63, 3.8) is 0 Å². The van der Waals surface area contributed by atoms with Crippen molar-refractivity contribution in [3.05, 3.63) is 102 Å². The van der Waals surface area contributed by atoms with Gasteiger partial charge < -0.3 is 15.0 Å². The molecule has 1 aromatic heterocycles. The monoisotopic (exact) mass is 526 g/mol. The first-order valence-electron chi connectivity index (χ1n) is 13.4. The molecule has 5 nitrogen and oxygen atoms in total. The van der Waals surface area contributed by atoms with E-state index in [2.05, 4.69) is 9.88 Å². The molecule has 4 rings (SSSR count). The fraction of sp³-hybridized carbons (Fsp3) is 0.273. The van der Waals surface area contributed by atoms with Crippen LogP contribution < -0.4 is 5.32 Å². The summed E-state index contributed by atoms with van der Waals surface area (Å²) in [5, 5.41) is 13.7. The molecule has 0 saturated heterocycles. The number of amides is 1. The summed E-state index contributed by atoms with van der Waals surface area (Å²) in [5.41, 5.74) is 5.18. The fourth-order valence-electron chi connectivity index (χ4n) is 5.00. The van der Waals surface area contributed by atoms with Crippen LogP contribution in [0, 0.1) is 5.82 Å². The van der Waals surface area contributed by atoms with E-state index < -0.39 is 6.10 Å². The van der Waals surface area contributed by atoms with Crippen molar-refractivity contribution in [2.45, 2.75) is 58.6 Å². The van der Waals surface area contributed by atoms with E-state index in [4.69, 9.17) is 0 Å². The van der Waals surface area contributed by atoms with E-state index in [1.807, 2.05) is 74.5 Å². The van der Waals surface area contributed by atoms with Crippen LogP contribution in [0.5, 0.6) is 0 Å². The number of benzene rings is 3. The number of hydrogen-bond acceptors (Lipinski definition) is 3. The molecule has 202 valence electrons. The molecule has 4 aromatic rings. The molecular weight excluding hydrogens is 491 g/mol. The van der Waals surface area contributed by atoms with Crippen molar-refractivity contribution in [2.24, 2.45) is 0 Å². The molecule has 0 unspecified atom stereocenters. The minimum absolute atomic E-state index is 0.00532. The standard InChI is InChI=1S/C33H35FN2O3/c1-4-27(37)21-28(38)19-20-36-31(22(2)3)30(33(39)35-26-13-9-6-10-14-26)29(23-11-7-5-8-12-23)32(36)24-15-17-25(34)18-16-24/h5-18,22,28,38H,4,19-21H2,1-3H3,(H,35,39)/t28-/m1/s1. The van der Waals surface area contributed by atoms with Crippen LogP contribution in [0.15, 0.2) is 84.9 Å². The van der Waals surface area contributed by atoms with Gasteiger partial charge in [-0.1, -0.05) is 69.3 Å². The molecule has 0 spiro atoms. The lowest BCUT2D eigenvalue weighted by Gasteiger charge is -2.19. The van der Waals surface area contributed by atoms with Crippen LogP contribution in [0.3, 0.4) is 0 Å². The van der Waals surface area contributed by atoms with E-state index >= 15 is 0 Å². The van der Waals surface area contributed by atoms with Gasteiger partial charge in [0.25, 0.3) is 5.91 Å². The summed E-state index contributed by atoms with van der Waals surface area (Å²) in [7, 11) is 0. The van der Waals surface area contributed by atoms with Crippen LogP contribution in [0.1, 0.15) is 62.0 Å². The number of anilines is 1. The Morgan fingerprint density at radius 1 is 0.897 bits per heavy atom. The molecule has 0 fully saturated rings. The van der Waals surface area contributed by atoms with Gasteiger partial charge >= 0.3 is 0 Å². The van der Waals surface area contributed by atoms with Gasteiger partial charge in [-0.05, 0) is 59.9 Å². The molecule has 0 aliphatic heterocycles. The second-order valence-corrected chi connectivity index (χ2v) is 10.0. The Hall–Kier alpha value is -4.03. The molecule has 0 bridgehead atoms. The third kappa shape index (κ3) is 6.52. The van der Waals surface area contributed by atoms with E-state index in [0.29, 0.717) is 30.6 Å². The summed E-state index contributed by atoms with van der Waals surface area (Å²) in [6, 6.07) is 25.3. The van der Waals surface area contributed by atoms with Crippen molar-refractivity contribution < 1.29 is 19.1 Å². The molecule has 0 aliphatic carbocycles. The normalized spacial score (nSPS) is 11.9. The van der Waals surface area contributed by atoms with Crippen molar-refractivity contribution in [1.82, 2.24) is 4.57 Å². The average Bonchev–Trinajstić information content (AvgIpc) is 3.29. The number of ketones is 1. The highest BCUT2D eigenvalue weighted by atomic mass is 19.1. The molecule has 1 heterocycles. The summed E-state index contributed by atoms with van der Waals surface area (Å²) in [6.45, 7) is 6.24. The van der Waals surface area contributed by atoms with E-state index in [0.717, 1.165) is 28.1 Å². The van der Waals surface area contributed by atoms with Crippen LogP contribution in [0.2, 0.25) is 0 Å². The smallest absolute Gasteiger partial charge is 0.258 e. The quantitative estimate of drug-likeness (QED) is 0.213. The third-order valence-corrected chi connectivity index (χ3v) is 6.83. The van der Waals surface area contributed by atoms with Gasteiger partial charge in [0.1, 0.15) is 11.6 Å². The zero-order chi connectivity index (χ0) is 27.9. The first kappa shape index (κ1) is 28.0. The van der Waals surface area contributed by atoms with Gasteiger partial charge in [0.05, 0.1) is 17.4 Å². The Bertz CT molecular complexity index is 1410. The maximum atomic E-state index is 14.0. The number of carbonyl (C=O) groups excluding carboxylic acids is 2. The summed E-state index contributed by atoms with van der Waals surface area (Å²) in [6.07, 6.45) is -0.000994. The Morgan fingerprint density at radius 3 is 2.10 bits per heavy atom. The summed E-state index contributed by atoms with van der Waals surface area (Å²) >= 11 is 0. The number of nitrogens with one attached hydrogen (secondary N) is 1. The van der Waals surface area contributed by atoms with Crippen molar-refractivity contribution in [2.75, 3.05) is 5.32 Å². The van der Waals surface area contributed by atoms with Crippen molar-refractivity contribution in [3.8, 4) is 22.4 Å². The van der Waals surface area contributed by atoms with Gasteiger partial charge in [-0.15, -0.1) is 0 Å². The van der Waals surface area contributed by atoms with Crippen molar-refractivity contribution in [1.29, 1.82) is 0 Å². The number of halogens is 1. The number of carbonyl (C=O) groups is 2. The SMILES string of the molecule is CCC(=O)C[C@H](O)CCn1c(-c2ccc(F)cc2)c(-c2ccccc2)c(C(=O)Nc2ccccc2)c1C(C)C. The summed E-state index contributed by atoms with van der Waals surface area (Å²) in [5.74, 6) is -0.635. The maximum absolute atomic E-state index is 14.0. The van der Waals surface area contributed by atoms with Crippen LogP contribution in [-0.2, 0) is 11.3 Å². The zero-order valence-electron chi connectivity index (χ0n) is 22.7. The molecule has 1 amide bonds. The molecule has 39 heavy (non-hydrogen) atoms. The lowest BCUT2D eigenvalue weighted by atomic mass is 9.94. The molecule has 0 radical (unpaired) electrons. The fourth-order valence-corrected chi connectivity index (χ4v) is 5.00. The Balaban J connectivity index is 1.95. The van der Waals surface area contributed by atoms with Gasteiger partial charge in [0.15, 0.2) is 0 Å². The van der Waals surface area contributed by atoms with E-state index in [1.54, 1.807) is 19.1 Å². The number of nitrogens with zero attached hydrogens (tertiary/aromatic N) is 1. The van der Waals surface area contributed by atoms with Gasteiger partial charge in [0.2, 0.25) is 0 Å². The lowest BCUT2D eigenvalue weighted by molar-refractivity contribution is -0.120. The highest BCUT2D eigenvalue weighted by molar-refractivity contribution is 6.12. The van der Waals surface area contributed by atoms with Crippen LogP contribution in [0.4, 0.5) is 10.1 Å². The van der Waals surface area contributed by atoms with E-state index in [1.165, 1.54) is 12.1 Å². The second kappa shape index (κ2) is 12.7. The first-order valence-corrected chi connectivity index (χ1v) is 13.4. The summed E-state index contributed by atoms with van der Waals surface area (Å²) < 4.78 is 16.1. The molecule has 1 atom stereocenters. The van der Waals surface area contributed by atoms with Crippen LogP contribution in [-0.4, -0.2) is 27.5 Å². The molecule has 6 heteroatoms. The van der Waals surface area contributed by atoms with Gasteiger partial charge in [0, 0.05) is 36.3 Å². The molecule has 0 aliphatic rings. The Morgan fingerprint density at radius 2 is 1.51 bits per heavy atom. The average molecular weight is 527 g/mol. The molecule has 0 saturated carbocycles. The highest BCUT2D eigenvalue weighted by Crippen LogP contribution is 2.42. The second-order valence-electron chi connectivity index (χ2n) is 10.0. The number of Topliss-reactive ketones (excluding diaryl/α,β-unsaturated/α-hetero) is 1. The minimum Gasteiger partial charge on any atom is -0.393 e. The number of aromatic nitrogens is 1. The Labute approximate surface area is 229 Å². The number of rotatable bonds is 11. The third-order valence-electron chi connectivity index (χ3n) is 6.83. The van der Waals surface area contributed by atoms with Gasteiger partial charge in [-0.2, -0.15) is 0 Å². The largest absolute Gasteiger partial charge is 0.393 e. The zero-order valence-corrected chi connectivity index (χ0v) is 22.7. The van der Waals surface area contributed by atoms with E-state index in [-0.39, 0.29) is 29.8 Å². The number of aliphatic hydroxyl groups is 1. The van der Waals surface area contributed by atoms with Crippen LogP contribution >= 0.6 is 0 Å². The predicted molar refractivity (Wildman–Crippen MR) is 154 cm³/mol. The number of aliphatic hydroxyl groups excluding tert-OH is 1. The van der Waals surface area contributed by atoms with Crippen molar-refractivity contribution >= 4 is 17.4 Å². The highest BCUT2D eigenvalue weighted by Gasteiger charge is 2.30. The topological polar surface area (TPSA) is 71.3 Å². The number of para-hydroxylation sites is 1. The molecule has 3 aromatic carbocycles. The van der Waals surface area contributed by atoms with Crippen LogP contribution in [0.25, 0.3) is 22.4 Å². The number of hydrogen-bond donors (Lipinski definition) is 2. The Kier molecular flexibility index (Phi) is 9.10. The molecular formula is C33H35FN2O3. The predicted octanol–water partition coefficient (Wildman–Crippen LogP) is 7.46. The lowest BCUT2D eigenvalue weighted by Crippen LogP contribution is -2.19. The minimum atomic E-state index is -0.803. The summed E-state index contributed by atoms with van der Waals surface area (Å²) in [4.78, 5) is 26.0. The first-order chi connectivity index (χ1) is 18.8. The molecule has 2 N–H and O–H groups in total. The van der Waals surface area contributed by atoms with Gasteiger partial charge in [-0.25, -0.2) is 4.39 Å². The van der Waals surface area contributed by atoms with Gasteiger partial charge in [-0.3, -0.25) is 9.59 Å². The maximum Gasteiger partial charge on any atom is 0.258 e.